The van der Waals surface area contributed by atoms with E-state index in [9.17, 15) is 18.0 Å². The molecule has 7 nitrogen and oxygen atoms in total. The molecule has 2 amide bonds. The number of anilines is 2. The minimum absolute atomic E-state index is 0.0756. The summed E-state index contributed by atoms with van der Waals surface area (Å²) in [6, 6.07) is 9.42. The summed E-state index contributed by atoms with van der Waals surface area (Å²) in [6.45, 7) is 4.12. The predicted octanol–water partition coefficient (Wildman–Crippen LogP) is 4.03. The molecule has 3 rings (SSSR count). The topological polar surface area (TPSA) is 95.6 Å². The van der Waals surface area contributed by atoms with Gasteiger partial charge in [0.05, 0.1) is 16.4 Å². The number of aryl methyl sites for hydroxylation is 1. The molecule has 2 aromatic carbocycles. The largest absolute Gasteiger partial charge is 0.325 e. The summed E-state index contributed by atoms with van der Waals surface area (Å²) in [5.74, 6) is -0.769. The average Bonchev–Trinajstić information content (AvgIpc) is 2.70. The van der Waals surface area contributed by atoms with Gasteiger partial charge in [-0.15, -0.1) is 0 Å². The van der Waals surface area contributed by atoms with Gasteiger partial charge in [-0.05, 0) is 55.7 Å². The van der Waals surface area contributed by atoms with Crippen LogP contribution in [0.15, 0.2) is 41.3 Å². The first-order chi connectivity index (χ1) is 14.2. The van der Waals surface area contributed by atoms with E-state index in [0.29, 0.717) is 24.5 Å². The van der Waals surface area contributed by atoms with Crippen LogP contribution < -0.4 is 10.6 Å². The molecular formula is C21H24ClN3O4S. The number of halogens is 1. The molecule has 0 spiro atoms. The maximum absolute atomic E-state index is 13.0. The van der Waals surface area contributed by atoms with E-state index >= 15 is 0 Å². The van der Waals surface area contributed by atoms with Crippen LogP contribution in [0, 0.1) is 6.92 Å². The third kappa shape index (κ3) is 5.00. The Morgan fingerprint density at radius 2 is 1.67 bits per heavy atom. The Balaban J connectivity index is 1.90. The average molecular weight is 450 g/mol. The van der Waals surface area contributed by atoms with Crippen molar-refractivity contribution in [3.8, 4) is 0 Å². The van der Waals surface area contributed by atoms with Crippen molar-refractivity contribution in [2.45, 2.75) is 38.0 Å². The minimum Gasteiger partial charge on any atom is -0.325 e. The van der Waals surface area contributed by atoms with Gasteiger partial charge in [0, 0.05) is 25.6 Å². The molecule has 2 N–H and O–H groups in total. The fourth-order valence-electron chi connectivity index (χ4n) is 3.34. The minimum atomic E-state index is -3.79. The normalized spacial score (nSPS) is 14.9. The molecule has 0 saturated carbocycles. The molecule has 160 valence electrons. The van der Waals surface area contributed by atoms with Crippen molar-refractivity contribution in [1.82, 2.24) is 4.31 Å². The highest BCUT2D eigenvalue weighted by Gasteiger charge is 2.28. The van der Waals surface area contributed by atoms with Crippen LogP contribution in [-0.4, -0.2) is 37.6 Å². The number of nitrogens with zero attached hydrogens (tertiary/aromatic N) is 1. The Kier molecular flexibility index (Phi) is 6.80. The van der Waals surface area contributed by atoms with Crippen LogP contribution in [0.3, 0.4) is 0 Å². The fourth-order valence-corrected chi connectivity index (χ4v) is 5.36. The summed E-state index contributed by atoms with van der Waals surface area (Å²) in [7, 11) is -3.79. The van der Waals surface area contributed by atoms with Crippen molar-refractivity contribution in [1.29, 1.82) is 0 Å². The fraction of sp³-hybridized carbons (Fsp3) is 0.333. The number of piperidine rings is 1. The Labute approximate surface area is 181 Å². The number of hydrogen-bond acceptors (Lipinski definition) is 4. The van der Waals surface area contributed by atoms with Crippen molar-refractivity contribution in [3.63, 3.8) is 0 Å². The van der Waals surface area contributed by atoms with E-state index in [-0.39, 0.29) is 21.4 Å². The zero-order chi connectivity index (χ0) is 21.9. The van der Waals surface area contributed by atoms with E-state index in [0.717, 1.165) is 24.8 Å². The van der Waals surface area contributed by atoms with Crippen LogP contribution in [0.4, 0.5) is 11.4 Å². The number of nitrogens with one attached hydrogen (secondary N) is 2. The van der Waals surface area contributed by atoms with E-state index in [2.05, 4.69) is 10.6 Å². The first kappa shape index (κ1) is 22.3. The number of benzene rings is 2. The van der Waals surface area contributed by atoms with Crippen LogP contribution in [-0.2, 0) is 14.8 Å². The second-order valence-corrected chi connectivity index (χ2v) is 9.61. The molecule has 2 aromatic rings. The van der Waals surface area contributed by atoms with Gasteiger partial charge in [0.2, 0.25) is 15.9 Å². The predicted molar refractivity (Wildman–Crippen MR) is 117 cm³/mol. The maximum atomic E-state index is 13.0. The van der Waals surface area contributed by atoms with Crippen LogP contribution >= 0.6 is 11.6 Å². The first-order valence-corrected chi connectivity index (χ1v) is 11.5. The van der Waals surface area contributed by atoms with E-state index in [1.807, 2.05) is 13.0 Å². The Hall–Kier alpha value is -2.42. The Morgan fingerprint density at radius 1 is 0.967 bits per heavy atom. The zero-order valence-electron chi connectivity index (χ0n) is 16.9. The summed E-state index contributed by atoms with van der Waals surface area (Å²) in [5, 5.41) is 5.49. The third-order valence-corrected chi connectivity index (χ3v) is 7.24. The maximum Gasteiger partial charge on any atom is 0.255 e. The van der Waals surface area contributed by atoms with Crippen LogP contribution in [0.1, 0.15) is 42.1 Å². The molecule has 9 heteroatoms. The Morgan fingerprint density at radius 3 is 2.33 bits per heavy atom. The molecule has 0 aromatic heterocycles. The van der Waals surface area contributed by atoms with Gasteiger partial charge in [-0.25, -0.2) is 8.42 Å². The first-order valence-electron chi connectivity index (χ1n) is 9.68. The van der Waals surface area contributed by atoms with Gasteiger partial charge in [-0.2, -0.15) is 4.31 Å². The molecule has 1 aliphatic rings. The highest BCUT2D eigenvalue weighted by molar-refractivity contribution is 7.89. The standard InChI is InChI=1S/C21H24ClN3O4S/c1-14-6-9-18(23-15(2)26)19(12-14)24-21(27)16-7-8-17(22)20(13-16)30(28,29)25-10-4-3-5-11-25/h6-9,12-13H,3-5,10-11H2,1-2H3,(H,23,26)(H,24,27). The number of carbonyl (C=O) groups is 2. The molecule has 1 heterocycles. The van der Waals surface area contributed by atoms with Crippen molar-refractivity contribution < 1.29 is 18.0 Å². The number of amides is 2. The van der Waals surface area contributed by atoms with Crippen molar-refractivity contribution in [2.24, 2.45) is 0 Å². The highest BCUT2D eigenvalue weighted by Crippen LogP contribution is 2.29. The SMILES string of the molecule is CC(=O)Nc1ccc(C)cc1NC(=O)c1ccc(Cl)c(S(=O)(=O)N2CCCCC2)c1. The molecule has 1 saturated heterocycles. The lowest BCUT2D eigenvalue weighted by molar-refractivity contribution is -0.114. The van der Waals surface area contributed by atoms with Gasteiger partial charge in [-0.1, -0.05) is 24.1 Å². The molecule has 0 atom stereocenters. The van der Waals surface area contributed by atoms with Crippen molar-refractivity contribution >= 4 is 44.8 Å². The quantitative estimate of drug-likeness (QED) is 0.720. The van der Waals surface area contributed by atoms with Gasteiger partial charge in [0.15, 0.2) is 0 Å². The molecule has 0 bridgehead atoms. The van der Waals surface area contributed by atoms with E-state index < -0.39 is 15.9 Å². The smallest absolute Gasteiger partial charge is 0.255 e. The highest BCUT2D eigenvalue weighted by atomic mass is 35.5. The van der Waals surface area contributed by atoms with Crippen molar-refractivity contribution in [3.05, 3.63) is 52.5 Å². The molecular weight excluding hydrogens is 426 g/mol. The summed E-state index contributed by atoms with van der Waals surface area (Å²) >= 11 is 6.18. The van der Waals surface area contributed by atoms with Crippen molar-refractivity contribution in [2.75, 3.05) is 23.7 Å². The summed E-state index contributed by atoms with van der Waals surface area (Å²) in [4.78, 5) is 24.2. The number of rotatable bonds is 5. The lowest BCUT2D eigenvalue weighted by Gasteiger charge is -2.26. The molecule has 0 aliphatic carbocycles. The molecule has 1 fully saturated rings. The second kappa shape index (κ2) is 9.16. The zero-order valence-corrected chi connectivity index (χ0v) is 18.4. The van der Waals surface area contributed by atoms with Crippen LogP contribution in [0.2, 0.25) is 5.02 Å². The Bertz CT molecular complexity index is 1080. The second-order valence-electron chi connectivity index (χ2n) is 7.29. The van der Waals surface area contributed by atoms with Gasteiger partial charge in [-0.3, -0.25) is 9.59 Å². The van der Waals surface area contributed by atoms with E-state index in [1.54, 1.807) is 12.1 Å². The summed E-state index contributed by atoms with van der Waals surface area (Å²) < 4.78 is 27.5. The molecule has 1 aliphatic heterocycles. The third-order valence-electron chi connectivity index (χ3n) is 4.86. The number of sulfonamides is 1. The lowest BCUT2D eigenvalue weighted by Crippen LogP contribution is -2.35. The van der Waals surface area contributed by atoms with Gasteiger partial charge in [0.25, 0.3) is 5.91 Å². The van der Waals surface area contributed by atoms with E-state index in [1.165, 1.54) is 29.4 Å². The van der Waals surface area contributed by atoms with Gasteiger partial charge >= 0.3 is 0 Å². The molecule has 0 unspecified atom stereocenters. The lowest BCUT2D eigenvalue weighted by atomic mass is 10.1. The number of hydrogen-bond donors (Lipinski definition) is 2. The van der Waals surface area contributed by atoms with Crippen LogP contribution in [0.25, 0.3) is 0 Å². The summed E-state index contributed by atoms with van der Waals surface area (Å²) in [6.07, 6.45) is 2.60. The molecule has 0 radical (unpaired) electrons. The van der Waals surface area contributed by atoms with Crippen LogP contribution in [0.5, 0.6) is 0 Å². The van der Waals surface area contributed by atoms with Gasteiger partial charge < -0.3 is 10.6 Å². The number of carbonyl (C=O) groups excluding carboxylic acids is 2. The summed E-state index contributed by atoms with van der Waals surface area (Å²) in [5.41, 5.74) is 1.93. The molecule has 30 heavy (non-hydrogen) atoms. The van der Waals surface area contributed by atoms with E-state index in [4.69, 9.17) is 11.6 Å². The van der Waals surface area contributed by atoms with Gasteiger partial charge in [0.1, 0.15) is 4.90 Å². The monoisotopic (exact) mass is 449 g/mol.